The molecule has 0 fully saturated rings. The van der Waals surface area contributed by atoms with Crippen LogP contribution in [0.3, 0.4) is 0 Å². The molecule has 128 valence electrons. The van der Waals surface area contributed by atoms with Gasteiger partial charge in [-0.1, -0.05) is 26.0 Å². The minimum atomic E-state index is -4.40. The summed E-state index contributed by atoms with van der Waals surface area (Å²) in [5.41, 5.74) is -0.170. The fraction of sp³-hybridized carbons (Fsp3) is 0.467. The first-order valence-electron chi connectivity index (χ1n) is 6.87. The van der Waals surface area contributed by atoms with Crippen molar-refractivity contribution < 1.29 is 27.9 Å². The van der Waals surface area contributed by atoms with Crippen molar-refractivity contribution in [3.8, 4) is 0 Å². The summed E-state index contributed by atoms with van der Waals surface area (Å²) >= 11 is 0.964. The van der Waals surface area contributed by atoms with Crippen molar-refractivity contribution in [2.45, 2.75) is 26.1 Å². The molecule has 1 aromatic rings. The highest BCUT2D eigenvalue weighted by Crippen LogP contribution is 2.31. The zero-order chi connectivity index (χ0) is 17.6. The Morgan fingerprint density at radius 1 is 1.17 bits per heavy atom. The monoisotopic (exact) mass is 349 g/mol. The number of benzene rings is 1. The maximum Gasteiger partial charge on any atom is 0.416 e. The van der Waals surface area contributed by atoms with Crippen LogP contribution in [0.1, 0.15) is 31.0 Å². The number of carboxylic acids is 1. The lowest BCUT2D eigenvalue weighted by atomic mass is 9.95. The molecule has 8 heteroatoms. The molecule has 0 saturated heterocycles. The molecule has 0 aromatic heterocycles. The molecule has 0 heterocycles. The predicted molar refractivity (Wildman–Crippen MR) is 82.1 cm³/mol. The van der Waals surface area contributed by atoms with Gasteiger partial charge in [0.2, 0.25) is 5.91 Å². The molecule has 1 aromatic carbocycles. The van der Waals surface area contributed by atoms with Crippen molar-refractivity contribution in [1.29, 1.82) is 0 Å². The Morgan fingerprint density at radius 3 is 2.17 bits per heavy atom. The average molecular weight is 349 g/mol. The minimum Gasteiger partial charge on any atom is -0.481 e. The van der Waals surface area contributed by atoms with Crippen LogP contribution >= 0.6 is 11.8 Å². The van der Waals surface area contributed by atoms with Gasteiger partial charge in [-0.15, -0.1) is 11.8 Å². The number of carboxylic acid groups (broad SMARTS) is 1. The fourth-order valence-electron chi connectivity index (χ4n) is 1.96. The largest absolute Gasteiger partial charge is 0.481 e. The van der Waals surface area contributed by atoms with Gasteiger partial charge in [-0.05, 0) is 23.6 Å². The minimum absolute atomic E-state index is 0.0177. The van der Waals surface area contributed by atoms with E-state index < -0.39 is 23.8 Å². The SMILES string of the molecule is CC(C)C(NC(=O)CSCC(=O)O)c1ccc(C(F)(F)F)cc1. The van der Waals surface area contributed by atoms with E-state index in [4.69, 9.17) is 5.11 Å². The Hall–Kier alpha value is -1.70. The summed E-state index contributed by atoms with van der Waals surface area (Å²) in [7, 11) is 0. The Kier molecular flexibility index (Phi) is 6.93. The van der Waals surface area contributed by atoms with Crippen molar-refractivity contribution >= 4 is 23.6 Å². The van der Waals surface area contributed by atoms with Crippen molar-refractivity contribution in [3.63, 3.8) is 0 Å². The second-order valence-corrected chi connectivity index (χ2v) is 6.28. The molecule has 0 aliphatic rings. The van der Waals surface area contributed by atoms with Crippen molar-refractivity contribution in [3.05, 3.63) is 35.4 Å². The van der Waals surface area contributed by atoms with E-state index in [-0.39, 0.29) is 23.3 Å². The van der Waals surface area contributed by atoms with Crippen molar-refractivity contribution in [2.75, 3.05) is 11.5 Å². The molecule has 2 N–H and O–H groups in total. The average Bonchev–Trinajstić information content (AvgIpc) is 2.43. The van der Waals surface area contributed by atoms with Crippen molar-refractivity contribution in [1.82, 2.24) is 5.32 Å². The second kappa shape index (κ2) is 8.24. The highest BCUT2D eigenvalue weighted by Gasteiger charge is 2.30. The number of thioether (sulfide) groups is 1. The maximum atomic E-state index is 12.6. The van der Waals surface area contributed by atoms with Crippen LogP contribution in [0.4, 0.5) is 13.2 Å². The third-order valence-corrected chi connectivity index (χ3v) is 3.96. The lowest BCUT2D eigenvalue weighted by Gasteiger charge is -2.23. The molecule has 0 radical (unpaired) electrons. The van der Waals surface area contributed by atoms with Crippen LogP contribution in [-0.4, -0.2) is 28.5 Å². The molecule has 0 bridgehead atoms. The number of carbonyl (C=O) groups excluding carboxylic acids is 1. The van der Waals surface area contributed by atoms with Crippen LogP contribution in [0.2, 0.25) is 0 Å². The van der Waals surface area contributed by atoms with E-state index in [1.165, 1.54) is 12.1 Å². The summed E-state index contributed by atoms with van der Waals surface area (Å²) in [5.74, 6) is -1.59. The Labute approximate surface area is 136 Å². The smallest absolute Gasteiger partial charge is 0.416 e. The van der Waals surface area contributed by atoms with Gasteiger partial charge in [0.05, 0.1) is 23.1 Å². The van der Waals surface area contributed by atoms with E-state index in [0.29, 0.717) is 5.56 Å². The highest BCUT2D eigenvalue weighted by molar-refractivity contribution is 8.00. The number of nitrogens with one attached hydrogen (secondary N) is 1. The Morgan fingerprint density at radius 2 is 1.74 bits per heavy atom. The Balaban J connectivity index is 2.75. The number of hydrogen-bond donors (Lipinski definition) is 2. The molecule has 23 heavy (non-hydrogen) atoms. The van der Waals surface area contributed by atoms with Gasteiger partial charge in [-0.2, -0.15) is 13.2 Å². The van der Waals surface area contributed by atoms with E-state index in [9.17, 15) is 22.8 Å². The van der Waals surface area contributed by atoms with E-state index in [1.54, 1.807) is 0 Å². The number of aliphatic carboxylic acids is 1. The van der Waals surface area contributed by atoms with Gasteiger partial charge in [0.1, 0.15) is 0 Å². The lowest BCUT2D eigenvalue weighted by molar-refractivity contribution is -0.137. The number of amides is 1. The molecule has 1 amide bonds. The van der Waals surface area contributed by atoms with Crippen LogP contribution in [-0.2, 0) is 15.8 Å². The van der Waals surface area contributed by atoms with Gasteiger partial charge in [0.15, 0.2) is 0 Å². The molecule has 1 atom stereocenters. The van der Waals surface area contributed by atoms with Crippen molar-refractivity contribution in [2.24, 2.45) is 5.92 Å². The van der Waals surface area contributed by atoms with Gasteiger partial charge in [-0.25, -0.2) is 0 Å². The topological polar surface area (TPSA) is 66.4 Å². The lowest BCUT2D eigenvalue weighted by Crippen LogP contribution is -2.33. The number of halogens is 3. The standard InChI is InChI=1S/C15H18F3NO3S/c1-9(2)14(19-12(20)7-23-8-13(21)22)10-3-5-11(6-4-10)15(16,17)18/h3-6,9,14H,7-8H2,1-2H3,(H,19,20)(H,21,22). The molecule has 1 unspecified atom stereocenters. The molecule has 0 aliphatic carbocycles. The zero-order valence-electron chi connectivity index (χ0n) is 12.7. The number of carbonyl (C=O) groups is 2. The summed E-state index contributed by atoms with van der Waals surface area (Å²) in [4.78, 5) is 22.2. The molecule has 0 spiro atoms. The first-order chi connectivity index (χ1) is 10.6. The number of rotatable bonds is 7. The van der Waals surface area contributed by atoms with Gasteiger partial charge in [-0.3, -0.25) is 9.59 Å². The molecular formula is C15H18F3NO3S. The third kappa shape index (κ3) is 6.52. The maximum absolute atomic E-state index is 12.6. The van der Waals surface area contributed by atoms with Crippen LogP contribution in [0, 0.1) is 5.92 Å². The molecule has 0 saturated carbocycles. The first-order valence-corrected chi connectivity index (χ1v) is 8.02. The van der Waals surface area contributed by atoms with Gasteiger partial charge >= 0.3 is 12.1 Å². The number of hydrogen-bond acceptors (Lipinski definition) is 3. The first kappa shape index (κ1) is 19.3. The summed E-state index contributed by atoms with van der Waals surface area (Å²) in [6, 6.07) is 4.22. The van der Waals surface area contributed by atoms with Gasteiger partial charge < -0.3 is 10.4 Å². The highest BCUT2D eigenvalue weighted by atomic mass is 32.2. The molecular weight excluding hydrogens is 331 g/mol. The van der Waals surface area contributed by atoms with Crippen LogP contribution in [0.5, 0.6) is 0 Å². The molecule has 0 aliphatic heterocycles. The van der Waals surface area contributed by atoms with E-state index in [1.807, 2.05) is 13.8 Å². The normalized spacial score (nSPS) is 13.0. The van der Waals surface area contributed by atoms with Crippen LogP contribution < -0.4 is 5.32 Å². The predicted octanol–water partition coefficient (Wildman–Crippen LogP) is 3.34. The molecule has 4 nitrogen and oxygen atoms in total. The summed E-state index contributed by atoms with van der Waals surface area (Å²) in [6.45, 7) is 3.68. The van der Waals surface area contributed by atoms with Gasteiger partial charge in [0, 0.05) is 0 Å². The summed E-state index contributed by atoms with van der Waals surface area (Å²) < 4.78 is 37.7. The van der Waals surface area contributed by atoms with E-state index >= 15 is 0 Å². The summed E-state index contributed by atoms with van der Waals surface area (Å²) in [5, 5.41) is 11.3. The third-order valence-electron chi connectivity index (χ3n) is 3.04. The summed E-state index contributed by atoms with van der Waals surface area (Å²) in [6.07, 6.45) is -4.40. The molecule has 1 rings (SSSR count). The Bertz CT molecular complexity index is 544. The quantitative estimate of drug-likeness (QED) is 0.792. The van der Waals surface area contributed by atoms with Crippen LogP contribution in [0.25, 0.3) is 0 Å². The van der Waals surface area contributed by atoms with E-state index in [0.717, 1.165) is 23.9 Å². The van der Waals surface area contributed by atoms with Gasteiger partial charge in [0.25, 0.3) is 0 Å². The second-order valence-electron chi connectivity index (χ2n) is 5.30. The fourth-order valence-corrected chi connectivity index (χ4v) is 2.51. The zero-order valence-corrected chi connectivity index (χ0v) is 13.5. The number of alkyl halides is 3. The van der Waals surface area contributed by atoms with Crippen LogP contribution in [0.15, 0.2) is 24.3 Å². The van der Waals surface area contributed by atoms with E-state index in [2.05, 4.69) is 5.32 Å².